The lowest BCUT2D eigenvalue weighted by molar-refractivity contribution is 0.0598. The Kier molecular flexibility index (Phi) is 4.76. The second kappa shape index (κ2) is 6.98. The molecule has 0 saturated heterocycles. The summed E-state index contributed by atoms with van der Waals surface area (Å²) in [5.74, 6) is 0.543. The number of furan rings is 1. The SMILES string of the molecule is COC(=O)c1cc(CN(C)C(=O)Nc2ccc3c(c2)CNC3)oc1C. The lowest BCUT2D eigenvalue weighted by atomic mass is 10.1. The van der Waals surface area contributed by atoms with Gasteiger partial charge in [0.05, 0.1) is 13.7 Å². The number of carbonyl (C=O) groups is 2. The van der Waals surface area contributed by atoms with Crippen molar-refractivity contribution in [2.24, 2.45) is 0 Å². The summed E-state index contributed by atoms with van der Waals surface area (Å²) in [5, 5.41) is 6.14. The summed E-state index contributed by atoms with van der Waals surface area (Å²) in [6.07, 6.45) is 0. The molecule has 1 aromatic heterocycles. The van der Waals surface area contributed by atoms with Crippen LogP contribution in [-0.2, 0) is 24.4 Å². The molecule has 1 aliphatic rings. The van der Waals surface area contributed by atoms with Gasteiger partial charge in [-0.25, -0.2) is 9.59 Å². The molecule has 2 aromatic rings. The number of rotatable bonds is 4. The molecule has 1 aliphatic heterocycles. The molecular formula is C18H21N3O4. The molecule has 7 nitrogen and oxygen atoms in total. The topological polar surface area (TPSA) is 83.8 Å². The minimum Gasteiger partial charge on any atom is -0.465 e. The maximum atomic E-state index is 12.4. The first-order valence-corrected chi connectivity index (χ1v) is 8.00. The molecule has 2 amide bonds. The minimum atomic E-state index is -0.452. The number of hydrogen-bond acceptors (Lipinski definition) is 5. The first kappa shape index (κ1) is 17.0. The van der Waals surface area contributed by atoms with Crippen LogP contribution in [0.5, 0.6) is 0 Å². The van der Waals surface area contributed by atoms with Gasteiger partial charge in [-0.05, 0) is 36.2 Å². The van der Waals surface area contributed by atoms with E-state index < -0.39 is 5.97 Å². The van der Waals surface area contributed by atoms with E-state index in [1.165, 1.54) is 23.1 Å². The Bertz CT molecular complexity index is 813. The number of benzene rings is 1. The van der Waals surface area contributed by atoms with Crippen molar-refractivity contribution in [2.75, 3.05) is 19.5 Å². The van der Waals surface area contributed by atoms with Crippen LogP contribution >= 0.6 is 0 Å². The lowest BCUT2D eigenvalue weighted by Gasteiger charge is -2.17. The number of esters is 1. The molecule has 25 heavy (non-hydrogen) atoms. The van der Waals surface area contributed by atoms with E-state index in [-0.39, 0.29) is 12.6 Å². The van der Waals surface area contributed by atoms with Crippen LogP contribution in [0.3, 0.4) is 0 Å². The third kappa shape index (κ3) is 3.66. The number of aryl methyl sites for hydroxylation is 1. The van der Waals surface area contributed by atoms with Crippen molar-refractivity contribution in [3.05, 3.63) is 52.5 Å². The Labute approximate surface area is 145 Å². The third-order valence-electron chi connectivity index (χ3n) is 4.20. The van der Waals surface area contributed by atoms with Gasteiger partial charge in [-0.2, -0.15) is 0 Å². The average Bonchev–Trinajstić information content (AvgIpc) is 3.19. The normalized spacial score (nSPS) is 12.6. The maximum absolute atomic E-state index is 12.4. The molecule has 0 atom stereocenters. The smallest absolute Gasteiger partial charge is 0.341 e. The van der Waals surface area contributed by atoms with Gasteiger partial charge in [0, 0.05) is 25.8 Å². The van der Waals surface area contributed by atoms with Crippen LogP contribution in [-0.4, -0.2) is 31.1 Å². The largest absolute Gasteiger partial charge is 0.465 e. The number of anilines is 1. The molecule has 0 radical (unpaired) electrons. The summed E-state index contributed by atoms with van der Waals surface area (Å²) in [7, 11) is 2.99. The zero-order chi connectivity index (χ0) is 18.0. The Hall–Kier alpha value is -2.80. The Morgan fingerprint density at radius 2 is 2.04 bits per heavy atom. The number of ether oxygens (including phenoxy) is 1. The molecule has 0 aliphatic carbocycles. The highest BCUT2D eigenvalue weighted by molar-refractivity contribution is 5.91. The summed E-state index contributed by atoms with van der Waals surface area (Å²) in [6, 6.07) is 7.24. The van der Waals surface area contributed by atoms with Gasteiger partial charge in [0.2, 0.25) is 0 Å². The van der Waals surface area contributed by atoms with E-state index in [0.29, 0.717) is 17.1 Å². The number of methoxy groups -OCH3 is 1. The molecule has 7 heteroatoms. The highest BCUT2D eigenvalue weighted by Crippen LogP contribution is 2.21. The predicted octanol–water partition coefficient (Wildman–Crippen LogP) is 2.64. The highest BCUT2D eigenvalue weighted by Gasteiger charge is 2.18. The van der Waals surface area contributed by atoms with Gasteiger partial charge in [-0.3, -0.25) is 0 Å². The summed E-state index contributed by atoms with van der Waals surface area (Å²) >= 11 is 0. The van der Waals surface area contributed by atoms with Crippen molar-refractivity contribution >= 4 is 17.7 Å². The quantitative estimate of drug-likeness (QED) is 0.834. The van der Waals surface area contributed by atoms with Crippen LogP contribution in [0.25, 0.3) is 0 Å². The third-order valence-corrected chi connectivity index (χ3v) is 4.20. The zero-order valence-corrected chi connectivity index (χ0v) is 14.5. The molecule has 2 N–H and O–H groups in total. The van der Waals surface area contributed by atoms with E-state index in [2.05, 4.69) is 10.6 Å². The van der Waals surface area contributed by atoms with E-state index in [9.17, 15) is 9.59 Å². The summed E-state index contributed by atoms with van der Waals surface area (Å²) in [6.45, 7) is 3.62. The molecule has 0 unspecified atom stereocenters. The number of nitrogens with zero attached hydrogens (tertiary/aromatic N) is 1. The molecule has 0 fully saturated rings. The van der Waals surface area contributed by atoms with E-state index in [1.54, 1.807) is 20.0 Å². The van der Waals surface area contributed by atoms with Gasteiger partial charge in [0.1, 0.15) is 17.1 Å². The van der Waals surface area contributed by atoms with Crippen LogP contribution in [0.4, 0.5) is 10.5 Å². The van der Waals surface area contributed by atoms with Gasteiger partial charge < -0.3 is 24.7 Å². The van der Waals surface area contributed by atoms with Crippen LogP contribution < -0.4 is 10.6 Å². The molecular weight excluding hydrogens is 322 g/mol. The monoisotopic (exact) mass is 343 g/mol. The Morgan fingerprint density at radius 1 is 1.28 bits per heavy atom. The van der Waals surface area contributed by atoms with Gasteiger partial charge in [0.15, 0.2) is 0 Å². The summed E-state index contributed by atoms with van der Waals surface area (Å²) in [4.78, 5) is 25.5. The molecule has 3 rings (SSSR count). The van der Waals surface area contributed by atoms with Crippen LogP contribution in [0.2, 0.25) is 0 Å². The molecule has 0 saturated carbocycles. The second-order valence-corrected chi connectivity index (χ2v) is 6.05. The van der Waals surface area contributed by atoms with Crippen LogP contribution in [0.1, 0.15) is 33.0 Å². The Balaban J connectivity index is 1.64. The maximum Gasteiger partial charge on any atom is 0.341 e. The number of fused-ring (bicyclic) bond motifs is 1. The molecule has 0 bridgehead atoms. The average molecular weight is 343 g/mol. The van der Waals surface area contributed by atoms with E-state index in [1.807, 2.05) is 18.2 Å². The fourth-order valence-corrected chi connectivity index (χ4v) is 2.83. The lowest BCUT2D eigenvalue weighted by Crippen LogP contribution is -2.30. The second-order valence-electron chi connectivity index (χ2n) is 6.05. The van der Waals surface area contributed by atoms with E-state index >= 15 is 0 Å². The standard InChI is InChI=1S/C18H21N3O4/c1-11-16(17(22)24-3)7-15(25-11)10-21(2)18(23)20-14-5-4-12-8-19-9-13(12)6-14/h4-7,19H,8-10H2,1-3H3,(H,20,23). The fraction of sp³-hybridized carbons (Fsp3) is 0.333. The molecule has 1 aromatic carbocycles. The number of urea groups is 1. The first-order valence-electron chi connectivity index (χ1n) is 8.00. The fourth-order valence-electron chi connectivity index (χ4n) is 2.83. The van der Waals surface area contributed by atoms with Crippen molar-refractivity contribution in [1.82, 2.24) is 10.2 Å². The summed E-state index contributed by atoms with van der Waals surface area (Å²) < 4.78 is 10.2. The number of amides is 2. The van der Waals surface area contributed by atoms with Crippen LogP contribution in [0.15, 0.2) is 28.7 Å². The van der Waals surface area contributed by atoms with Gasteiger partial charge in [-0.1, -0.05) is 6.07 Å². The van der Waals surface area contributed by atoms with Crippen molar-refractivity contribution in [1.29, 1.82) is 0 Å². The minimum absolute atomic E-state index is 0.246. The predicted molar refractivity (Wildman–Crippen MR) is 92.3 cm³/mol. The zero-order valence-electron chi connectivity index (χ0n) is 14.5. The molecule has 132 valence electrons. The number of hydrogen-bond donors (Lipinski definition) is 2. The number of carbonyl (C=O) groups excluding carboxylic acids is 2. The van der Waals surface area contributed by atoms with Crippen molar-refractivity contribution in [3.63, 3.8) is 0 Å². The molecule has 0 spiro atoms. The van der Waals surface area contributed by atoms with Gasteiger partial charge in [-0.15, -0.1) is 0 Å². The van der Waals surface area contributed by atoms with Crippen molar-refractivity contribution in [2.45, 2.75) is 26.6 Å². The first-order chi connectivity index (χ1) is 12.0. The highest BCUT2D eigenvalue weighted by atomic mass is 16.5. The molecule has 2 heterocycles. The van der Waals surface area contributed by atoms with Crippen molar-refractivity contribution in [3.8, 4) is 0 Å². The van der Waals surface area contributed by atoms with Gasteiger partial charge >= 0.3 is 12.0 Å². The van der Waals surface area contributed by atoms with Crippen LogP contribution in [0, 0.1) is 6.92 Å². The summed E-state index contributed by atoms with van der Waals surface area (Å²) in [5.41, 5.74) is 3.58. The van der Waals surface area contributed by atoms with Crippen molar-refractivity contribution < 1.29 is 18.7 Å². The van der Waals surface area contributed by atoms with E-state index in [4.69, 9.17) is 9.15 Å². The van der Waals surface area contributed by atoms with E-state index in [0.717, 1.165) is 18.8 Å². The van der Waals surface area contributed by atoms with Gasteiger partial charge in [0.25, 0.3) is 0 Å². The number of nitrogens with one attached hydrogen (secondary N) is 2. The Morgan fingerprint density at radius 3 is 2.80 bits per heavy atom.